The van der Waals surface area contributed by atoms with Crippen LogP contribution in [-0.4, -0.2) is 107 Å². The Bertz CT molecular complexity index is 4690. The number of carbonyl (C=O) groups is 4. The van der Waals surface area contributed by atoms with E-state index in [2.05, 4.69) is 54.4 Å². The minimum absolute atomic E-state index is 0.0311. The Balaban J connectivity index is 0.000000151. The van der Waals surface area contributed by atoms with E-state index in [-0.39, 0.29) is 90.3 Å². The van der Waals surface area contributed by atoms with Crippen molar-refractivity contribution < 1.29 is 78.3 Å². The molecule has 2 unspecified atom stereocenters. The van der Waals surface area contributed by atoms with Crippen molar-refractivity contribution in [2.75, 3.05) is 14.2 Å². The van der Waals surface area contributed by atoms with Crippen molar-refractivity contribution in [1.82, 2.24) is 0 Å². The number of allylic oxidation sites excluding steroid dienone is 6. The number of aromatic hydroxyl groups is 3. The first-order valence-corrected chi connectivity index (χ1v) is 38.0. The summed E-state index contributed by atoms with van der Waals surface area (Å²) < 4.78 is 21.4. The molecule has 6 aromatic rings. The molecule has 584 valence electrons. The molecule has 0 radical (unpaired) electrons. The molecule has 2 heterocycles. The first kappa shape index (κ1) is 84.0. The monoisotopic (exact) mass is 1490 g/mol. The molecule has 12 atom stereocenters. The van der Waals surface area contributed by atoms with Gasteiger partial charge < -0.3 is 59.2 Å². The fourth-order valence-corrected chi connectivity index (χ4v) is 17.9. The number of hydrogen-bond acceptors (Lipinski definition) is 18. The summed E-state index contributed by atoms with van der Waals surface area (Å²) in [6, 6.07) is 25.2. The standard InChI is InChI=1S/C16H12O5.C16H12O4.3C15H22O2.C14H22O3/c1-20-10-7-11(17)13-12(8-10)21-16(15(19)14(13)18)9-5-3-2-4-6-9;1-19-11-7-12(17)16-13(18)9-14(20-15(16)8-11)10-5-3-2-4-6-10;1-9(2)11-5-7-15(4)8-6-12(16)10(3)13(15)14(11)17;2*1-10(2)15(17)6-5-14(4)8-12(16)7-11(3)13(14)9-15;1-8(2)9-4-5-11(15)10-6-7-14(3,17)13(16)12(9)10/h2-8,17,19H,1H3;2-9,17H,1H3;11,14,17H,1,5-8H2,2-4H3;2*7,13,17H,1,5-6,8-9H2,2-4H3;8-9,13,16-17H,4-7H2,1-3H3/t;;11-,14-,15+;13?,14-,15+;13?,14-,15-;9-,13-,14+/m..0110/s1. The molecule has 3 saturated carbocycles. The Morgan fingerprint density at radius 2 is 1.07 bits per heavy atom. The van der Waals surface area contributed by atoms with E-state index < -0.39 is 40.2 Å². The maximum absolute atomic E-state index is 12.2. The second kappa shape index (κ2) is 33.3. The van der Waals surface area contributed by atoms with Crippen molar-refractivity contribution in [1.29, 1.82) is 0 Å². The average molecular weight is 1490 g/mol. The van der Waals surface area contributed by atoms with Crippen LogP contribution >= 0.6 is 0 Å². The van der Waals surface area contributed by atoms with Gasteiger partial charge in [-0.2, -0.15) is 0 Å². The zero-order chi connectivity index (χ0) is 80.4. The topological polar surface area (TPSA) is 309 Å². The molecule has 109 heavy (non-hydrogen) atoms. The van der Waals surface area contributed by atoms with E-state index in [1.165, 1.54) is 38.5 Å². The molecule has 3 fully saturated rings. The summed E-state index contributed by atoms with van der Waals surface area (Å²) in [7, 11) is 2.93. The third-order valence-electron chi connectivity index (χ3n) is 24.9. The first-order chi connectivity index (χ1) is 51.0. The van der Waals surface area contributed by atoms with Gasteiger partial charge in [0, 0.05) is 73.1 Å². The van der Waals surface area contributed by atoms with Crippen LogP contribution in [0, 0.1) is 45.8 Å². The van der Waals surface area contributed by atoms with Gasteiger partial charge in [0.15, 0.2) is 34.3 Å². The highest BCUT2D eigenvalue weighted by atomic mass is 16.5. The molecule has 8 aliphatic carbocycles. The molecule has 2 aromatic heterocycles. The zero-order valence-electron chi connectivity index (χ0n) is 66.0. The average Bonchev–Trinajstić information content (AvgIpc) is 0.772. The van der Waals surface area contributed by atoms with E-state index in [9.17, 15) is 69.6 Å². The van der Waals surface area contributed by atoms with Crippen molar-refractivity contribution in [3.05, 3.63) is 193 Å². The van der Waals surface area contributed by atoms with Crippen LogP contribution in [0.15, 0.2) is 191 Å². The van der Waals surface area contributed by atoms with Gasteiger partial charge in [-0.05, 0) is 211 Å². The molecule has 0 aliphatic heterocycles. The van der Waals surface area contributed by atoms with Crippen LogP contribution in [0.25, 0.3) is 44.6 Å². The summed E-state index contributed by atoms with van der Waals surface area (Å²) in [4.78, 5) is 71.4. The van der Waals surface area contributed by atoms with E-state index in [1.54, 1.807) is 49.4 Å². The number of aliphatic hydroxyl groups is 5. The Morgan fingerprint density at radius 1 is 0.578 bits per heavy atom. The van der Waals surface area contributed by atoms with Crippen LogP contribution < -0.4 is 20.3 Å². The van der Waals surface area contributed by atoms with Gasteiger partial charge in [0.05, 0.1) is 37.1 Å². The van der Waals surface area contributed by atoms with Crippen molar-refractivity contribution >= 4 is 45.1 Å². The fourth-order valence-electron chi connectivity index (χ4n) is 17.9. The molecular formula is C91H112O18. The summed E-state index contributed by atoms with van der Waals surface area (Å²) >= 11 is 0. The van der Waals surface area contributed by atoms with E-state index in [4.69, 9.17) is 18.3 Å². The molecular weight excluding hydrogens is 1380 g/mol. The zero-order valence-corrected chi connectivity index (χ0v) is 66.0. The van der Waals surface area contributed by atoms with Crippen LogP contribution in [0.3, 0.4) is 0 Å². The summed E-state index contributed by atoms with van der Waals surface area (Å²) in [6.45, 7) is 35.9. The summed E-state index contributed by atoms with van der Waals surface area (Å²) in [5, 5.41) is 82.1. The number of Topliss-reactive ketones (excluding diaryl/α,β-unsaturated/α-hetero) is 2. The minimum atomic E-state index is -1.08. The lowest BCUT2D eigenvalue weighted by molar-refractivity contribution is -0.121. The van der Waals surface area contributed by atoms with Crippen molar-refractivity contribution in [3.8, 4) is 51.4 Å². The lowest BCUT2D eigenvalue weighted by Crippen LogP contribution is -2.48. The Kier molecular flexibility index (Phi) is 25.6. The molecule has 14 rings (SSSR count). The van der Waals surface area contributed by atoms with Gasteiger partial charge in [0.1, 0.15) is 56.8 Å². The molecule has 0 bridgehead atoms. The third kappa shape index (κ3) is 17.9. The maximum atomic E-state index is 12.2. The van der Waals surface area contributed by atoms with Crippen LogP contribution in [0.5, 0.6) is 28.7 Å². The highest BCUT2D eigenvalue weighted by Gasteiger charge is 2.52. The molecule has 4 aromatic carbocycles. The summed E-state index contributed by atoms with van der Waals surface area (Å²) in [6.07, 6.45) is 14.1. The fraction of sp³-hybridized carbons (Fsp3) is 0.473. The molecule has 0 amide bonds. The van der Waals surface area contributed by atoms with E-state index in [0.717, 1.165) is 107 Å². The smallest absolute Gasteiger partial charge is 0.238 e. The van der Waals surface area contributed by atoms with Crippen molar-refractivity contribution in [2.45, 2.75) is 215 Å². The third-order valence-corrected chi connectivity index (χ3v) is 24.9. The number of ether oxygens (including phenoxy) is 2. The quantitative estimate of drug-likeness (QED) is 0.0657. The SMILES string of the molecule is C=C(C)[C@@H]1CC[C@]2(C)CCC(=O)C(C)=C2[C@H]1O.C=C(C)[C@@]1(O)CC[C@]2(C)CC(=O)C=C(C)C2C1.C=C(C)[C@]1(O)CC[C@]2(C)CC(=O)C=C(C)C2C1.CC(C)[C@@H]1CCC(=O)C2=C1[C@H](O)[C@](C)(O)CC2.COc1cc(O)c2c(=O)c(O)c(-c3ccccc3)oc2c1.COc1cc(O)c2c(=O)cc(-c3ccccc3)oc2c1. The van der Waals surface area contributed by atoms with Gasteiger partial charge in [0.25, 0.3) is 0 Å². The number of phenolic OH excluding ortho intramolecular Hbond substituents is 2. The number of hydrogen-bond donors (Lipinski definition) is 8. The molecule has 8 N–H and O–H groups in total. The Hall–Kier alpha value is -9.04. The van der Waals surface area contributed by atoms with Crippen molar-refractivity contribution in [2.24, 2.45) is 45.8 Å². The molecule has 8 aliphatic rings. The van der Waals surface area contributed by atoms with Gasteiger partial charge in [-0.1, -0.05) is 132 Å². The molecule has 18 nitrogen and oxygen atoms in total. The molecule has 18 heteroatoms. The lowest BCUT2D eigenvalue weighted by atomic mass is 9.56. The second-order valence-corrected chi connectivity index (χ2v) is 33.3. The number of methoxy groups -OCH3 is 2. The molecule has 0 saturated heterocycles. The first-order valence-electron chi connectivity index (χ1n) is 38.0. The van der Waals surface area contributed by atoms with E-state index >= 15 is 0 Å². The normalized spacial score (nSPS) is 29.0. The van der Waals surface area contributed by atoms with Crippen LogP contribution in [-0.2, 0) is 19.2 Å². The summed E-state index contributed by atoms with van der Waals surface area (Å²) in [5.41, 5.74) is 6.80. The second-order valence-electron chi connectivity index (χ2n) is 33.3. The van der Waals surface area contributed by atoms with E-state index in [1.807, 2.05) is 77.9 Å². The van der Waals surface area contributed by atoms with Crippen LogP contribution in [0.4, 0.5) is 0 Å². The number of phenols is 2. The number of ketones is 4. The molecule has 0 spiro atoms. The largest absolute Gasteiger partial charge is 0.507 e. The van der Waals surface area contributed by atoms with Crippen molar-refractivity contribution in [3.63, 3.8) is 0 Å². The van der Waals surface area contributed by atoms with Gasteiger partial charge in [-0.15, -0.1) is 0 Å². The van der Waals surface area contributed by atoms with Gasteiger partial charge in [-0.3, -0.25) is 28.8 Å². The van der Waals surface area contributed by atoms with Crippen LogP contribution in [0.1, 0.15) is 186 Å². The minimum Gasteiger partial charge on any atom is -0.507 e. The summed E-state index contributed by atoms with van der Waals surface area (Å²) in [5.74, 6) is 2.57. The van der Waals surface area contributed by atoms with Gasteiger partial charge >= 0.3 is 0 Å². The number of benzene rings is 4. The predicted octanol–water partition coefficient (Wildman–Crippen LogP) is 16.9. The maximum Gasteiger partial charge on any atom is 0.238 e. The highest BCUT2D eigenvalue weighted by Crippen LogP contribution is 2.56. The van der Waals surface area contributed by atoms with E-state index in [0.29, 0.717) is 97.5 Å². The van der Waals surface area contributed by atoms with Crippen LogP contribution in [0.2, 0.25) is 0 Å². The highest BCUT2D eigenvalue weighted by molar-refractivity contribution is 5.98. The Labute approximate surface area is 640 Å². The number of rotatable bonds is 8. The number of carbonyl (C=O) groups excluding carboxylic acids is 4. The lowest BCUT2D eigenvalue weighted by Gasteiger charge is -2.50. The van der Waals surface area contributed by atoms with Gasteiger partial charge in [-0.25, -0.2) is 0 Å². The number of aliphatic hydroxyl groups excluding tert-OH is 2. The Morgan fingerprint density at radius 3 is 1.56 bits per heavy atom. The predicted molar refractivity (Wildman–Crippen MR) is 425 cm³/mol. The van der Waals surface area contributed by atoms with Gasteiger partial charge in [0.2, 0.25) is 11.2 Å². The number of fused-ring (bicyclic) bond motifs is 5.